The van der Waals surface area contributed by atoms with Gasteiger partial charge in [0, 0.05) is 6.04 Å². The van der Waals surface area contributed by atoms with E-state index in [2.05, 4.69) is 18.6 Å². The van der Waals surface area contributed by atoms with Crippen molar-refractivity contribution in [3.63, 3.8) is 0 Å². The first-order chi connectivity index (χ1) is 8.76. The number of hydrogen-bond acceptors (Lipinski definition) is 2. The lowest BCUT2D eigenvalue weighted by atomic mass is 9.98. The summed E-state index contributed by atoms with van der Waals surface area (Å²) in [5.74, 6) is 0.361. The molecule has 0 saturated heterocycles. The molecule has 2 N–H and O–H groups in total. The van der Waals surface area contributed by atoms with Crippen LogP contribution in [0.15, 0.2) is 24.3 Å². The molecule has 19 heavy (non-hydrogen) atoms. The Kier molecular flexibility index (Phi) is 5.66. The van der Waals surface area contributed by atoms with E-state index < -0.39 is 6.36 Å². The SMILES string of the molecule is CC(C)CC(N)CCc1ccc(OC(F)(F)F)cc1. The summed E-state index contributed by atoms with van der Waals surface area (Å²) in [5.41, 5.74) is 6.93. The Morgan fingerprint density at radius 1 is 1.16 bits per heavy atom. The molecule has 0 aromatic heterocycles. The van der Waals surface area contributed by atoms with Gasteiger partial charge in [0.05, 0.1) is 0 Å². The van der Waals surface area contributed by atoms with E-state index in [0.29, 0.717) is 5.92 Å². The highest BCUT2D eigenvalue weighted by atomic mass is 19.4. The van der Waals surface area contributed by atoms with E-state index in [4.69, 9.17) is 5.73 Å². The smallest absolute Gasteiger partial charge is 0.406 e. The average molecular weight is 275 g/mol. The molecule has 0 aliphatic heterocycles. The molecule has 2 nitrogen and oxygen atoms in total. The van der Waals surface area contributed by atoms with Crippen LogP contribution in [0.3, 0.4) is 0 Å². The second-order valence-electron chi connectivity index (χ2n) is 5.12. The molecule has 1 atom stereocenters. The van der Waals surface area contributed by atoms with Gasteiger partial charge in [-0.25, -0.2) is 0 Å². The molecule has 5 heteroatoms. The van der Waals surface area contributed by atoms with E-state index in [1.54, 1.807) is 12.1 Å². The van der Waals surface area contributed by atoms with Gasteiger partial charge in [0.2, 0.25) is 0 Å². The molecule has 0 amide bonds. The van der Waals surface area contributed by atoms with Crippen LogP contribution >= 0.6 is 0 Å². The highest BCUT2D eigenvalue weighted by molar-refractivity contribution is 5.27. The number of alkyl halides is 3. The van der Waals surface area contributed by atoms with Gasteiger partial charge in [0.15, 0.2) is 0 Å². The molecule has 0 spiro atoms. The van der Waals surface area contributed by atoms with Gasteiger partial charge >= 0.3 is 6.36 Å². The lowest BCUT2D eigenvalue weighted by Crippen LogP contribution is -2.22. The predicted octanol–water partition coefficient (Wildman–Crippen LogP) is 3.89. The highest BCUT2D eigenvalue weighted by Crippen LogP contribution is 2.23. The topological polar surface area (TPSA) is 35.2 Å². The van der Waals surface area contributed by atoms with E-state index in [1.807, 2.05) is 0 Å². The molecule has 0 radical (unpaired) electrons. The van der Waals surface area contributed by atoms with Crippen LogP contribution in [0.4, 0.5) is 13.2 Å². The quantitative estimate of drug-likeness (QED) is 0.854. The summed E-state index contributed by atoms with van der Waals surface area (Å²) in [6.45, 7) is 4.23. The molecule has 0 saturated carbocycles. The number of aryl methyl sites for hydroxylation is 1. The third-order valence-electron chi connectivity index (χ3n) is 2.73. The van der Waals surface area contributed by atoms with Crippen LogP contribution in [-0.2, 0) is 6.42 Å². The van der Waals surface area contributed by atoms with Gasteiger partial charge in [-0.05, 0) is 42.9 Å². The predicted molar refractivity (Wildman–Crippen MR) is 68.9 cm³/mol. The first kappa shape index (κ1) is 15.8. The fourth-order valence-corrected chi connectivity index (χ4v) is 1.93. The number of hydrogen-bond donors (Lipinski definition) is 1. The first-order valence-corrected chi connectivity index (χ1v) is 6.36. The minimum absolute atomic E-state index is 0.131. The molecule has 1 unspecified atom stereocenters. The first-order valence-electron chi connectivity index (χ1n) is 6.36. The number of ether oxygens (including phenoxy) is 1. The molecule has 0 aliphatic carbocycles. The fraction of sp³-hybridized carbons (Fsp3) is 0.571. The number of rotatable bonds is 6. The van der Waals surface area contributed by atoms with Crippen molar-refractivity contribution >= 4 is 0 Å². The molecule has 0 aliphatic rings. The zero-order valence-corrected chi connectivity index (χ0v) is 11.2. The maximum absolute atomic E-state index is 12.0. The Hall–Kier alpha value is -1.23. The minimum atomic E-state index is -4.64. The van der Waals surface area contributed by atoms with Gasteiger partial charge in [0.25, 0.3) is 0 Å². The molecule has 1 aromatic carbocycles. The summed E-state index contributed by atoms with van der Waals surface area (Å²) < 4.78 is 39.7. The highest BCUT2D eigenvalue weighted by Gasteiger charge is 2.30. The van der Waals surface area contributed by atoms with Gasteiger partial charge in [-0.1, -0.05) is 26.0 Å². The second-order valence-corrected chi connectivity index (χ2v) is 5.12. The van der Waals surface area contributed by atoms with E-state index in [1.165, 1.54) is 12.1 Å². The Balaban J connectivity index is 2.44. The van der Waals surface area contributed by atoms with Gasteiger partial charge in [-0.15, -0.1) is 13.2 Å². The summed E-state index contributed by atoms with van der Waals surface area (Å²) in [6.07, 6.45) is -2.09. The van der Waals surface area contributed by atoms with Gasteiger partial charge in [-0.3, -0.25) is 0 Å². The van der Waals surface area contributed by atoms with Crippen molar-refractivity contribution in [2.75, 3.05) is 0 Å². The molecular formula is C14H20F3NO. The molecule has 1 rings (SSSR count). The Morgan fingerprint density at radius 3 is 2.21 bits per heavy atom. The van der Waals surface area contributed by atoms with Crippen LogP contribution in [0.1, 0.15) is 32.3 Å². The third-order valence-corrected chi connectivity index (χ3v) is 2.73. The van der Waals surface area contributed by atoms with E-state index in [0.717, 1.165) is 24.8 Å². The second kappa shape index (κ2) is 6.80. The summed E-state index contributed by atoms with van der Waals surface area (Å²) in [5, 5.41) is 0. The third kappa shape index (κ3) is 7.06. The molecule has 1 aromatic rings. The maximum atomic E-state index is 12.0. The summed E-state index contributed by atoms with van der Waals surface area (Å²) in [4.78, 5) is 0. The van der Waals surface area contributed by atoms with Crippen molar-refractivity contribution in [2.24, 2.45) is 11.7 Å². The van der Waals surface area contributed by atoms with Crippen molar-refractivity contribution in [3.05, 3.63) is 29.8 Å². The summed E-state index contributed by atoms with van der Waals surface area (Å²) >= 11 is 0. The maximum Gasteiger partial charge on any atom is 0.573 e. The Morgan fingerprint density at radius 2 is 1.74 bits per heavy atom. The average Bonchev–Trinajstić information content (AvgIpc) is 2.25. The largest absolute Gasteiger partial charge is 0.573 e. The van der Waals surface area contributed by atoms with Gasteiger partial charge in [-0.2, -0.15) is 0 Å². The molecule has 108 valence electrons. The van der Waals surface area contributed by atoms with Crippen molar-refractivity contribution in [3.8, 4) is 5.75 Å². The van der Waals surface area contributed by atoms with E-state index >= 15 is 0 Å². The molecule has 0 heterocycles. The Labute approximate surface area is 111 Å². The van der Waals surface area contributed by atoms with E-state index in [9.17, 15) is 13.2 Å². The lowest BCUT2D eigenvalue weighted by Gasteiger charge is -2.14. The molecular weight excluding hydrogens is 255 g/mol. The van der Waals surface area contributed by atoms with Crippen LogP contribution in [0, 0.1) is 5.92 Å². The zero-order chi connectivity index (χ0) is 14.5. The minimum Gasteiger partial charge on any atom is -0.406 e. The monoisotopic (exact) mass is 275 g/mol. The summed E-state index contributed by atoms with van der Waals surface area (Å²) in [6, 6.07) is 6.08. The lowest BCUT2D eigenvalue weighted by molar-refractivity contribution is -0.274. The van der Waals surface area contributed by atoms with Crippen LogP contribution in [-0.4, -0.2) is 12.4 Å². The summed E-state index contributed by atoms with van der Waals surface area (Å²) in [7, 11) is 0. The van der Waals surface area contributed by atoms with Crippen molar-refractivity contribution < 1.29 is 17.9 Å². The van der Waals surface area contributed by atoms with E-state index in [-0.39, 0.29) is 11.8 Å². The number of halogens is 3. The molecule has 0 fully saturated rings. The van der Waals surface area contributed by atoms with Crippen LogP contribution < -0.4 is 10.5 Å². The standard InChI is InChI=1S/C14H20F3NO/c1-10(2)9-12(18)6-3-11-4-7-13(8-5-11)19-14(15,16)17/h4-5,7-8,10,12H,3,6,9,18H2,1-2H3. The van der Waals surface area contributed by atoms with Crippen LogP contribution in [0.5, 0.6) is 5.75 Å². The van der Waals surface area contributed by atoms with Crippen LogP contribution in [0.25, 0.3) is 0 Å². The fourth-order valence-electron chi connectivity index (χ4n) is 1.93. The molecule has 0 bridgehead atoms. The van der Waals surface area contributed by atoms with Crippen molar-refractivity contribution in [2.45, 2.75) is 45.5 Å². The zero-order valence-electron chi connectivity index (χ0n) is 11.2. The number of nitrogens with two attached hydrogens (primary N) is 1. The number of benzene rings is 1. The van der Waals surface area contributed by atoms with Crippen molar-refractivity contribution in [1.29, 1.82) is 0 Å². The Bertz CT molecular complexity index is 373. The van der Waals surface area contributed by atoms with Crippen LogP contribution in [0.2, 0.25) is 0 Å². The van der Waals surface area contributed by atoms with Crippen molar-refractivity contribution in [1.82, 2.24) is 0 Å². The van der Waals surface area contributed by atoms with Gasteiger partial charge < -0.3 is 10.5 Å². The van der Waals surface area contributed by atoms with Gasteiger partial charge in [0.1, 0.15) is 5.75 Å². The normalized spacial score (nSPS) is 13.6.